The average molecular weight is 469 g/mol. The first-order valence-corrected chi connectivity index (χ1v) is 8.23. The zero-order valence-electron chi connectivity index (χ0n) is 7.89. The molecule has 1 unspecified atom stereocenters. The number of hydrogen-bond donors (Lipinski definition) is 1. The Labute approximate surface area is 123 Å². The van der Waals surface area contributed by atoms with Crippen molar-refractivity contribution in [3.05, 3.63) is 0 Å². The lowest BCUT2D eigenvalue weighted by Crippen LogP contribution is -2.58. The van der Waals surface area contributed by atoms with E-state index in [0.29, 0.717) is 12.1 Å². The van der Waals surface area contributed by atoms with E-state index in [4.69, 9.17) is 0 Å². The highest BCUT2D eigenvalue weighted by atomic mass is 79.9. The second kappa shape index (κ2) is 3.23. The minimum atomic E-state index is -0.897. The molecule has 0 spiro atoms. The standard InChI is InChI=1S/C9H11Br4NO/c10-7(11)3-5-1-2-6-4-8(12,13)9(7,15)14(5)6/h5-6,15H,1-4H2/t5-,6+,9?. The summed E-state index contributed by atoms with van der Waals surface area (Å²) in [4.78, 5) is 2.28. The van der Waals surface area contributed by atoms with Gasteiger partial charge in [0.2, 0.25) is 0 Å². The van der Waals surface area contributed by atoms with Crippen LogP contribution in [0, 0.1) is 0 Å². The summed E-state index contributed by atoms with van der Waals surface area (Å²) in [5.41, 5.74) is -0.897. The van der Waals surface area contributed by atoms with Crippen LogP contribution in [0.2, 0.25) is 0 Å². The summed E-state index contributed by atoms with van der Waals surface area (Å²) in [6.07, 6.45) is 4.28. The fourth-order valence-corrected chi connectivity index (χ4v) is 8.14. The van der Waals surface area contributed by atoms with Gasteiger partial charge in [-0.05, 0) is 25.7 Å². The highest BCUT2D eigenvalue weighted by Crippen LogP contribution is 2.68. The van der Waals surface area contributed by atoms with Gasteiger partial charge in [0.1, 0.15) is 6.47 Å². The molecule has 0 amide bonds. The van der Waals surface area contributed by atoms with Gasteiger partial charge in [-0.15, -0.1) is 0 Å². The van der Waals surface area contributed by atoms with Crippen molar-refractivity contribution >= 4 is 63.7 Å². The highest BCUT2D eigenvalue weighted by molar-refractivity contribution is 9.26. The molecule has 3 aliphatic heterocycles. The monoisotopic (exact) mass is 465 g/mol. The molecule has 1 N–H and O–H groups in total. The van der Waals surface area contributed by atoms with Gasteiger partial charge < -0.3 is 5.11 Å². The molecule has 2 nitrogen and oxygen atoms in total. The largest absolute Gasteiger partial charge is 0.371 e. The third kappa shape index (κ3) is 1.27. The van der Waals surface area contributed by atoms with E-state index in [1.807, 2.05) is 0 Å². The third-order valence-electron chi connectivity index (χ3n) is 4.00. The van der Waals surface area contributed by atoms with Gasteiger partial charge in [-0.1, -0.05) is 63.7 Å². The van der Waals surface area contributed by atoms with E-state index < -0.39 is 12.2 Å². The fraction of sp³-hybridized carbons (Fsp3) is 1.00. The van der Waals surface area contributed by atoms with Crippen LogP contribution in [-0.4, -0.2) is 34.3 Å². The van der Waals surface area contributed by atoms with E-state index in [2.05, 4.69) is 68.6 Å². The normalized spacial score (nSPS) is 51.0. The molecule has 15 heavy (non-hydrogen) atoms. The maximum Gasteiger partial charge on any atom is 0.169 e. The SMILES string of the molecule is OC12N3[C@H](CC[C@H]3CC1(Br)Br)CC2(Br)Br. The first kappa shape index (κ1) is 11.9. The average Bonchev–Trinajstić information content (AvgIpc) is 2.59. The van der Waals surface area contributed by atoms with Crippen LogP contribution >= 0.6 is 63.7 Å². The molecule has 0 aliphatic carbocycles. The molecular weight excluding hydrogens is 458 g/mol. The van der Waals surface area contributed by atoms with Crippen LogP contribution < -0.4 is 0 Å². The molecule has 0 aromatic rings. The van der Waals surface area contributed by atoms with Crippen molar-refractivity contribution in [3.8, 4) is 0 Å². The van der Waals surface area contributed by atoms with E-state index in [1.165, 1.54) is 12.8 Å². The van der Waals surface area contributed by atoms with Crippen LogP contribution in [-0.2, 0) is 0 Å². The van der Waals surface area contributed by atoms with Crippen LogP contribution in [0.3, 0.4) is 0 Å². The molecule has 3 atom stereocenters. The van der Waals surface area contributed by atoms with Gasteiger partial charge in [0.25, 0.3) is 0 Å². The van der Waals surface area contributed by atoms with Crippen LogP contribution in [0.1, 0.15) is 25.7 Å². The Morgan fingerprint density at radius 1 is 0.933 bits per heavy atom. The Hall–Kier alpha value is 1.84. The summed E-state index contributed by atoms with van der Waals surface area (Å²) in [7, 11) is 0. The molecule has 0 aromatic heterocycles. The third-order valence-corrected chi connectivity index (χ3v) is 7.50. The highest BCUT2D eigenvalue weighted by Gasteiger charge is 2.75. The molecule has 6 heteroatoms. The molecule has 0 aromatic carbocycles. The van der Waals surface area contributed by atoms with Gasteiger partial charge in [-0.2, -0.15) is 0 Å². The number of nitrogens with zero attached hydrogens (tertiary/aromatic N) is 1. The van der Waals surface area contributed by atoms with E-state index in [9.17, 15) is 5.11 Å². The molecule has 0 bridgehead atoms. The summed E-state index contributed by atoms with van der Waals surface area (Å²) >= 11 is 14.6. The molecule has 3 saturated heterocycles. The Bertz CT molecular complexity index is 293. The maximum absolute atomic E-state index is 11.0. The summed E-state index contributed by atoms with van der Waals surface area (Å²) < 4.78 is -0.834. The predicted octanol–water partition coefficient (Wildman–Crippen LogP) is 3.29. The van der Waals surface area contributed by atoms with Crippen molar-refractivity contribution in [2.75, 3.05) is 0 Å². The lowest BCUT2D eigenvalue weighted by molar-refractivity contribution is -0.0662. The van der Waals surface area contributed by atoms with E-state index in [-0.39, 0.29) is 0 Å². The molecule has 0 saturated carbocycles. The number of rotatable bonds is 0. The van der Waals surface area contributed by atoms with Crippen molar-refractivity contribution in [1.29, 1.82) is 0 Å². The molecule has 0 radical (unpaired) electrons. The smallest absolute Gasteiger partial charge is 0.169 e. The van der Waals surface area contributed by atoms with Crippen molar-refractivity contribution < 1.29 is 5.11 Å². The first-order chi connectivity index (χ1) is 6.80. The molecule has 3 aliphatic rings. The first-order valence-electron chi connectivity index (χ1n) is 5.06. The zero-order valence-corrected chi connectivity index (χ0v) is 14.2. The molecule has 3 fully saturated rings. The van der Waals surface area contributed by atoms with Gasteiger partial charge in [0.15, 0.2) is 5.72 Å². The van der Waals surface area contributed by atoms with Crippen LogP contribution in [0.5, 0.6) is 0 Å². The van der Waals surface area contributed by atoms with Gasteiger partial charge in [0, 0.05) is 12.1 Å². The van der Waals surface area contributed by atoms with Gasteiger partial charge in [-0.3, -0.25) is 4.90 Å². The molecular formula is C9H11Br4NO. The number of halogens is 4. The Balaban J connectivity index is 2.14. The van der Waals surface area contributed by atoms with E-state index in [0.717, 1.165) is 12.8 Å². The van der Waals surface area contributed by atoms with Crippen molar-refractivity contribution in [2.24, 2.45) is 0 Å². The molecule has 3 heterocycles. The maximum atomic E-state index is 11.0. The summed E-state index contributed by atoms with van der Waals surface area (Å²) in [6, 6.07) is 0.992. The molecule has 3 rings (SSSR count). The van der Waals surface area contributed by atoms with Crippen LogP contribution in [0.25, 0.3) is 0 Å². The zero-order chi connectivity index (χ0) is 11.1. The minimum absolute atomic E-state index is 0.417. The van der Waals surface area contributed by atoms with Gasteiger partial charge in [0.05, 0.1) is 0 Å². The van der Waals surface area contributed by atoms with Crippen molar-refractivity contribution in [3.63, 3.8) is 0 Å². The van der Waals surface area contributed by atoms with E-state index in [1.54, 1.807) is 0 Å². The van der Waals surface area contributed by atoms with Crippen molar-refractivity contribution in [2.45, 2.75) is 50.0 Å². The number of alkyl halides is 4. The second-order valence-electron chi connectivity index (χ2n) is 4.78. The summed E-state index contributed by atoms with van der Waals surface area (Å²) in [6.45, 7) is 0. The van der Waals surface area contributed by atoms with Crippen LogP contribution in [0.15, 0.2) is 0 Å². The predicted molar refractivity (Wildman–Crippen MR) is 74.0 cm³/mol. The van der Waals surface area contributed by atoms with Gasteiger partial charge >= 0.3 is 0 Å². The van der Waals surface area contributed by atoms with E-state index >= 15 is 0 Å². The Morgan fingerprint density at radius 3 is 1.73 bits per heavy atom. The topological polar surface area (TPSA) is 23.5 Å². The fourth-order valence-electron chi connectivity index (χ4n) is 3.41. The number of aliphatic hydroxyl groups is 1. The van der Waals surface area contributed by atoms with Crippen molar-refractivity contribution in [1.82, 2.24) is 4.90 Å². The Kier molecular flexibility index (Phi) is 2.57. The lowest BCUT2D eigenvalue weighted by atomic mass is 10.1. The summed E-state index contributed by atoms with van der Waals surface area (Å²) in [5, 5.41) is 11.0. The summed E-state index contributed by atoms with van der Waals surface area (Å²) in [5.74, 6) is 0. The van der Waals surface area contributed by atoms with Gasteiger partial charge in [-0.25, -0.2) is 0 Å². The number of hydrogen-bond acceptors (Lipinski definition) is 2. The quantitative estimate of drug-likeness (QED) is 0.552. The second-order valence-corrected chi connectivity index (χ2v) is 12.3. The molecule has 86 valence electrons. The minimum Gasteiger partial charge on any atom is -0.371 e. The van der Waals surface area contributed by atoms with Crippen LogP contribution in [0.4, 0.5) is 0 Å². The Morgan fingerprint density at radius 2 is 1.33 bits per heavy atom. The lowest BCUT2D eigenvalue weighted by Gasteiger charge is -2.41.